The zero-order valence-electron chi connectivity index (χ0n) is 6.07. The van der Waals surface area contributed by atoms with E-state index in [0.717, 1.165) is 0 Å². The normalized spacial score (nSPS) is 11.1. The first kappa shape index (κ1) is 9.53. The second-order valence-electron chi connectivity index (χ2n) is 2.44. The van der Waals surface area contributed by atoms with Crippen molar-refractivity contribution in [2.45, 2.75) is 0 Å². The summed E-state index contributed by atoms with van der Waals surface area (Å²) in [5, 5.41) is 3.04. The first-order chi connectivity index (χ1) is 6.11. The smallest absolute Gasteiger partial charge is 0.159 e. The second-order valence-corrected chi connectivity index (χ2v) is 4.54. The SMILES string of the molecule is Fc1c(Cl)cc(Cl)c2c(Cl)csc12. The van der Waals surface area contributed by atoms with Gasteiger partial charge in [0.2, 0.25) is 0 Å². The number of hydrogen-bond donors (Lipinski definition) is 0. The summed E-state index contributed by atoms with van der Waals surface area (Å²) < 4.78 is 13.8. The lowest BCUT2D eigenvalue weighted by molar-refractivity contribution is 0.642. The van der Waals surface area contributed by atoms with E-state index in [1.165, 1.54) is 17.4 Å². The molecule has 2 rings (SSSR count). The first-order valence-corrected chi connectivity index (χ1v) is 5.33. The van der Waals surface area contributed by atoms with E-state index < -0.39 is 5.82 Å². The molecule has 1 aromatic carbocycles. The van der Waals surface area contributed by atoms with Crippen molar-refractivity contribution in [3.8, 4) is 0 Å². The monoisotopic (exact) mass is 254 g/mol. The number of rotatable bonds is 0. The molecule has 2 aromatic rings. The van der Waals surface area contributed by atoms with E-state index in [1.54, 1.807) is 5.38 Å². The number of thiophene rings is 1. The lowest BCUT2D eigenvalue weighted by Crippen LogP contribution is -1.78. The highest BCUT2D eigenvalue weighted by Gasteiger charge is 2.13. The summed E-state index contributed by atoms with van der Waals surface area (Å²) in [6.07, 6.45) is 0. The van der Waals surface area contributed by atoms with E-state index in [0.29, 0.717) is 20.1 Å². The van der Waals surface area contributed by atoms with E-state index in [1.807, 2.05) is 0 Å². The highest BCUT2D eigenvalue weighted by Crippen LogP contribution is 2.39. The van der Waals surface area contributed by atoms with Crippen LogP contribution in [0.1, 0.15) is 0 Å². The van der Waals surface area contributed by atoms with Crippen molar-refractivity contribution in [2.75, 3.05) is 0 Å². The zero-order chi connectivity index (χ0) is 9.59. The molecule has 0 saturated carbocycles. The number of hydrogen-bond acceptors (Lipinski definition) is 1. The Bertz CT molecular complexity index is 478. The minimum atomic E-state index is -0.460. The van der Waals surface area contributed by atoms with Crippen LogP contribution in [0.5, 0.6) is 0 Å². The molecule has 0 saturated heterocycles. The van der Waals surface area contributed by atoms with Gasteiger partial charge in [0.1, 0.15) is 0 Å². The average molecular weight is 256 g/mol. The molecule has 0 N–H and O–H groups in total. The highest BCUT2D eigenvalue weighted by atomic mass is 35.5. The first-order valence-electron chi connectivity index (χ1n) is 3.31. The van der Waals surface area contributed by atoms with Crippen LogP contribution in [0.4, 0.5) is 4.39 Å². The Balaban J connectivity index is 2.99. The van der Waals surface area contributed by atoms with Gasteiger partial charge in [0.05, 0.1) is 19.8 Å². The van der Waals surface area contributed by atoms with Crippen LogP contribution in [-0.2, 0) is 0 Å². The van der Waals surface area contributed by atoms with Gasteiger partial charge >= 0.3 is 0 Å². The topological polar surface area (TPSA) is 0 Å². The third-order valence-electron chi connectivity index (χ3n) is 1.65. The molecule has 0 atom stereocenters. The Morgan fingerprint density at radius 2 is 1.77 bits per heavy atom. The number of fused-ring (bicyclic) bond motifs is 1. The average Bonchev–Trinajstić information content (AvgIpc) is 2.44. The number of halogens is 4. The van der Waals surface area contributed by atoms with Gasteiger partial charge in [-0.2, -0.15) is 0 Å². The molecule has 0 aliphatic heterocycles. The van der Waals surface area contributed by atoms with E-state index in [4.69, 9.17) is 34.8 Å². The maximum Gasteiger partial charge on any atom is 0.159 e. The van der Waals surface area contributed by atoms with Crippen molar-refractivity contribution in [1.29, 1.82) is 0 Å². The summed E-state index contributed by atoms with van der Waals surface area (Å²) >= 11 is 18.5. The van der Waals surface area contributed by atoms with Gasteiger partial charge < -0.3 is 0 Å². The highest BCUT2D eigenvalue weighted by molar-refractivity contribution is 7.18. The summed E-state index contributed by atoms with van der Waals surface area (Å²) in [4.78, 5) is 0. The van der Waals surface area contributed by atoms with Gasteiger partial charge in [-0.15, -0.1) is 11.3 Å². The fourth-order valence-electron chi connectivity index (χ4n) is 1.08. The van der Waals surface area contributed by atoms with Crippen LogP contribution in [0.2, 0.25) is 15.1 Å². The van der Waals surface area contributed by atoms with Crippen molar-refractivity contribution >= 4 is 56.2 Å². The van der Waals surface area contributed by atoms with Crippen LogP contribution >= 0.6 is 46.1 Å². The van der Waals surface area contributed by atoms with Crippen molar-refractivity contribution in [2.24, 2.45) is 0 Å². The van der Waals surface area contributed by atoms with Crippen LogP contribution < -0.4 is 0 Å². The van der Waals surface area contributed by atoms with Gasteiger partial charge in [-0.25, -0.2) is 4.39 Å². The molecule has 0 bridgehead atoms. The molecule has 0 radical (unpaired) electrons. The predicted molar refractivity (Wildman–Crippen MR) is 56.8 cm³/mol. The van der Waals surface area contributed by atoms with Crippen LogP contribution in [0, 0.1) is 5.82 Å². The Labute approximate surface area is 92.8 Å². The third kappa shape index (κ3) is 1.42. The van der Waals surface area contributed by atoms with Gasteiger partial charge in [-0.3, -0.25) is 0 Å². The Morgan fingerprint density at radius 3 is 2.46 bits per heavy atom. The molecule has 13 heavy (non-hydrogen) atoms. The molecule has 1 heterocycles. The van der Waals surface area contributed by atoms with Gasteiger partial charge in [0.25, 0.3) is 0 Å². The maximum atomic E-state index is 13.4. The Kier molecular flexibility index (Phi) is 2.41. The molecule has 0 amide bonds. The largest absolute Gasteiger partial charge is 0.204 e. The minimum absolute atomic E-state index is 0.0241. The van der Waals surface area contributed by atoms with Gasteiger partial charge in [-0.1, -0.05) is 34.8 Å². The van der Waals surface area contributed by atoms with E-state index in [-0.39, 0.29) is 5.02 Å². The molecule has 0 fully saturated rings. The van der Waals surface area contributed by atoms with Crippen LogP contribution in [0.25, 0.3) is 10.1 Å². The molecule has 0 aliphatic carbocycles. The minimum Gasteiger partial charge on any atom is -0.204 e. The van der Waals surface area contributed by atoms with Crippen LogP contribution in [-0.4, -0.2) is 0 Å². The second kappa shape index (κ2) is 3.28. The fraction of sp³-hybridized carbons (Fsp3) is 0. The summed E-state index contributed by atoms with van der Waals surface area (Å²) in [6.45, 7) is 0. The Morgan fingerprint density at radius 1 is 1.08 bits per heavy atom. The molecule has 0 aliphatic rings. The van der Waals surface area contributed by atoms with E-state index in [2.05, 4.69) is 0 Å². The molecule has 68 valence electrons. The van der Waals surface area contributed by atoms with Crippen LogP contribution in [0.3, 0.4) is 0 Å². The predicted octanol–water partition coefficient (Wildman–Crippen LogP) is 5.00. The summed E-state index contributed by atoms with van der Waals surface area (Å²) in [5.41, 5.74) is 0. The van der Waals surface area contributed by atoms with Crippen molar-refractivity contribution in [3.05, 3.63) is 32.3 Å². The lowest BCUT2D eigenvalue weighted by atomic mass is 10.2. The summed E-state index contributed by atoms with van der Waals surface area (Å²) in [5.74, 6) is -0.460. The number of benzene rings is 1. The zero-order valence-corrected chi connectivity index (χ0v) is 9.16. The van der Waals surface area contributed by atoms with Crippen molar-refractivity contribution in [1.82, 2.24) is 0 Å². The maximum absolute atomic E-state index is 13.4. The van der Waals surface area contributed by atoms with Gasteiger partial charge in [0.15, 0.2) is 5.82 Å². The molecule has 0 spiro atoms. The summed E-state index contributed by atoms with van der Waals surface area (Å²) in [7, 11) is 0. The van der Waals surface area contributed by atoms with Gasteiger partial charge in [0, 0.05) is 10.8 Å². The summed E-state index contributed by atoms with van der Waals surface area (Å²) in [6, 6.07) is 1.36. The third-order valence-corrected chi connectivity index (χ3v) is 3.62. The molecule has 1 aromatic heterocycles. The van der Waals surface area contributed by atoms with Crippen molar-refractivity contribution in [3.63, 3.8) is 0 Å². The van der Waals surface area contributed by atoms with E-state index in [9.17, 15) is 4.39 Å². The van der Waals surface area contributed by atoms with Crippen molar-refractivity contribution < 1.29 is 4.39 Å². The van der Waals surface area contributed by atoms with Crippen LogP contribution in [0.15, 0.2) is 11.4 Å². The molecule has 0 unspecified atom stereocenters. The molecule has 0 nitrogen and oxygen atoms in total. The Hall–Kier alpha value is -0.0200. The lowest BCUT2D eigenvalue weighted by Gasteiger charge is -1.98. The van der Waals surface area contributed by atoms with E-state index >= 15 is 0 Å². The standard InChI is InChI=1S/C8H2Cl3FS/c9-3-1-4(10)7(12)8-6(3)5(11)2-13-8/h1-2H. The molecule has 5 heteroatoms. The quantitative estimate of drug-likeness (QED) is 0.581. The van der Waals surface area contributed by atoms with Gasteiger partial charge in [-0.05, 0) is 6.07 Å². The fourth-order valence-corrected chi connectivity index (χ4v) is 3.08. The molecular weight excluding hydrogens is 254 g/mol. The molecular formula is C8H2Cl3FS.